The minimum Gasteiger partial charge on any atom is -0.313 e. The molecule has 0 fully saturated rings. The standard InChI is InChI=1S/C16H23BrN2O2/c1-11(2)9-18-10-14(12(3)4)7-13-5-6-15(17)8-16(13)19(20)21/h5-8,11-12,18H,9-10H2,1-4H3/b14-7-. The van der Waals surface area contributed by atoms with Crippen LogP contribution in [0.15, 0.2) is 28.2 Å². The van der Waals surface area contributed by atoms with Crippen LogP contribution < -0.4 is 5.32 Å². The number of nitrogens with zero attached hydrogens (tertiary/aromatic N) is 1. The Hall–Kier alpha value is -1.20. The SMILES string of the molecule is CC(C)CNC/C(=C/c1ccc(Br)cc1[N+](=O)[O-])C(C)C. The van der Waals surface area contributed by atoms with Gasteiger partial charge in [0.25, 0.3) is 5.69 Å². The number of nitro groups is 1. The number of benzene rings is 1. The van der Waals surface area contributed by atoms with E-state index in [1.54, 1.807) is 12.1 Å². The number of hydrogen-bond donors (Lipinski definition) is 1. The lowest BCUT2D eigenvalue weighted by atomic mass is 9.99. The monoisotopic (exact) mass is 354 g/mol. The number of hydrogen-bond acceptors (Lipinski definition) is 3. The van der Waals surface area contributed by atoms with Crippen LogP contribution in [0.25, 0.3) is 6.08 Å². The highest BCUT2D eigenvalue weighted by atomic mass is 79.9. The van der Waals surface area contributed by atoms with Crippen molar-refractivity contribution in [2.75, 3.05) is 13.1 Å². The first-order chi connectivity index (χ1) is 9.81. The summed E-state index contributed by atoms with van der Waals surface area (Å²) in [6.07, 6.45) is 1.93. The maximum atomic E-state index is 11.2. The second-order valence-electron chi connectivity index (χ2n) is 5.86. The molecule has 116 valence electrons. The minimum absolute atomic E-state index is 0.131. The summed E-state index contributed by atoms with van der Waals surface area (Å²) < 4.78 is 0.718. The number of halogens is 1. The summed E-state index contributed by atoms with van der Waals surface area (Å²) in [7, 11) is 0. The van der Waals surface area contributed by atoms with Crippen LogP contribution in [0.4, 0.5) is 5.69 Å². The molecule has 0 radical (unpaired) electrons. The molecule has 1 aromatic rings. The summed E-state index contributed by atoms with van der Waals surface area (Å²) in [5.41, 5.74) is 1.95. The molecule has 0 aliphatic heterocycles. The molecule has 21 heavy (non-hydrogen) atoms. The molecule has 0 aliphatic carbocycles. The second kappa shape index (κ2) is 8.29. The molecule has 0 atom stereocenters. The Morgan fingerprint density at radius 1 is 1.38 bits per heavy atom. The molecule has 0 aliphatic rings. The maximum absolute atomic E-state index is 11.2. The summed E-state index contributed by atoms with van der Waals surface area (Å²) in [5, 5.41) is 14.6. The Morgan fingerprint density at radius 3 is 2.57 bits per heavy atom. The Balaban J connectivity index is 3.02. The van der Waals surface area contributed by atoms with Crippen LogP contribution in [0.5, 0.6) is 0 Å². The minimum atomic E-state index is -0.337. The van der Waals surface area contributed by atoms with Gasteiger partial charge in [-0.2, -0.15) is 0 Å². The van der Waals surface area contributed by atoms with Crippen molar-refractivity contribution < 1.29 is 4.92 Å². The zero-order valence-electron chi connectivity index (χ0n) is 13.0. The van der Waals surface area contributed by atoms with E-state index in [-0.39, 0.29) is 10.6 Å². The van der Waals surface area contributed by atoms with Gasteiger partial charge < -0.3 is 5.32 Å². The molecule has 0 saturated heterocycles. The molecule has 0 bridgehead atoms. The lowest BCUT2D eigenvalue weighted by Crippen LogP contribution is -2.23. The van der Waals surface area contributed by atoms with E-state index in [4.69, 9.17) is 0 Å². The van der Waals surface area contributed by atoms with Gasteiger partial charge in [-0.05, 0) is 36.6 Å². The molecule has 0 saturated carbocycles. The third-order valence-corrected chi connectivity index (χ3v) is 3.65. The highest BCUT2D eigenvalue weighted by molar-refractivity contribution is 9.10. The van der Waals surface area contributed by atoms with Crippen LogP contribution in [0.3, 0.4) is 0 Å². The summed E-state index contributed by atoms with van der Waals surface area (Å²) in [5.74, 6) is 0.924. The molecule has 0 spiro atoms. The Kier molecular flexibility index (Phi) is 7.05. The Morgan fingerprint density at radius 2 is 2.05 bits per heavy atom. The summed E-state index contributed by atoms with van der Waals surface area (Å²) in [4.78, 5) is 10.8. The van der Waals surface area contributed by atoms with Gasteiger partial charge in [-0.3, -0.25) is 10.1 Å². The van der Waals surface area contributed by atoms with Crippen molar-refractivity contribution in [3.8, 4) is 0 Å². The normalized spacial score (nSPS) is 12.2. The van der Waals surface area contributed by atoms with E-state index >= 15 is 0 Å². The van der Waals surface area contributed by atoms with Crippen LogP contribution in [-0.4, -0.2) is 18.0 Å². The van der Waals surface area contributed by atoms with Crippen molar-refractivity contribution >= 4 is 27.7 Å². The third-order valence-electron chi connectivity index (χ3n) is 3.15. The smallest absolute Gasteiger partial charge is 0.277 e. The topological polar surface area (TPSA) is 55.2 Å². The first-order valence-corrected chi connectivity index (χ1v) is 7.95. The van der Waals surface area contributed by atoms with Crippen molar-refractivity contribution in [2.24, 2.45) is 11.8 Å². The molecule has 0 heterocycles. The van der Waals surface area contributed by atoms with E-state index in [1.165, 1.54) is 5.57 Å². The van der Waals surface area contributed by atoms with Crippen LogP contribution >= 0.6 is 15.9 Å². The van der Waals surface area contributed by atoms with Crippen LogP contribution in [-0.2, 0) is 0 Å². The highest BCUT2D eigenvalue weighted by Crippen LogP contribution is 2.26. The van der Waals surface area contributed by atoms with E-state index in [0.29, 0.717) is 17.4 Å². The van der Waals surface area contributed by atoms with Crippen LogP contribution in [0.1, 0.15) is 33.3 Å². The van der Waals surface area contributed by atoms with Gasteiger partial charge in [0.15, 0.2) is 0 Å². The molecule has 0 amide bonds. The zero-order chi connectivity index (χ0) is 16.0. The zero-order valence-corrected chi connectivity index (χ0v) is 14.6. The maximum Gasteiger partial charge on any atom is 0.277 e. The lowest BCUT2D eigenvalue weighted by molar-refractivity contribution is -0.385. The molecule has 0 unspecified atom stereocenters. The van der Waals surface area contributed by atoms with Crippen molar-refractivity contribution in [3.05, 3.63) is 43.9 Å². The van der Waals surface area contributed by atoms with Crippen molar-refractivity contribution in [2.45, 2.75) is 27.7 Å². The first-order valence-electron chi connectivity index (χ1n) is 7.16. The number of nitrogens with one attached hydrogen (secondary N) is 1. The summed E-state index contributed by atoms with van der Waals surface area (Å²) >= 11 is 3.28. The van der Waals surface area contributed by atoms with E-state index in [0.717, 1.165) is 17.6 Å². The van der Waals surface area contributed by atoms with Crippen LogP contribution in [0.2, 0.25) is 0 Å². The van der Waals surface area contributed by atoms with Gasteiger partial charge >= 0.3 is 0 Å². The molecular formula is C16H23BrN2O2. The lowest BCUT2D eigenvalue weighted by Gasteiger charge is -2.14. The van der Waals surface area contributed by atoms with Crippen molar-refractivity contribution in [1.29, 1.82) is 0 Å². The molecule has 5 heteroatoms. The van der Waals surface area contributed by atoms with Gasteiger partial charge in [0, 0.05) is 17.1 Å². The number of rotatable bonds is 7. The van der Waals surface area contributed by atoms with E-state index < -0.39 is 0 Å². The number of nitro benzene ring substituents is 1. The average molecular weight is 355 g/mol. The molecule has 4 nitrogen and oxygen atoms in total. The molecule has 1 rings (SSSR count). The Labute approximate surface area is 134 Å². The van der Waals surface area contributed by atoms with Gasteiger partial charge in [0.05, 0.1) is 10.5 Å². The van der Waals surface area contributed by atoms with Gasteiger partial charge in [-0.1, -0.05) is 49.2 Å². The van der Waals surface area contributed by atoms with E-state index in [9.17, 15) is 10.1 Å². The van der Waals surface area contributed by atoms with Gasteiger partial charge in [-0.15, -0.1) is 0 Å². The van der Waals surface area contributed by atoms with Gasteiger partial charge in [-0.25, -0.2) is 0 Å². The van der Waals surface area contributed by atoms with Crippen LogP contribution in [0, 0.1) is 22.0 Å². The van der Waals surface area contributed by atoms with E-state index in [1.807, 2.05) is 12.1 Å². The Bertz CT molecular complexity index is 525. The quantitative estimate of drug-likeness (QED) is 0.573. The largest absolute Gasteiger partial charge is 0.313 e. The first kappa shape index (κ1) is 17.9. The van der Waals surface area contributed by atoms with Gasteiger partial charge in [0.2, 0.25) is 0 Å². The fourth-order valence-electron chi connectivity index (χ4n) is 1.92. The van der Waals surface area contributed by atoms with Crippen molar-refractivity contribution in [3.63, 3.8) is 0 Å². The fraction of sp³-hybridized carbons (Fsp3) is 0.500. The van der Waals surface area contributed by atoms with Gasteiger partial charge in [0.1, 0.15) is 0 Å². The fourth-order valence-corrected chi connectivity index (χ4v) is 2.27. The van der Waals surface area contributed by atoms with Crippen molar-refractivity contribution in [1.82, 2.24) is 5.32 Å². The molecule has 0 aromatic heterocycles. The summed E-state index contributed by atoms with van der Waals surface area (Å²) in [6, 6.07) is 5.16. The highest BCUT2D eigenvalue weighted by Gasteiger charge is 2.14. The third kappa shape index (κ3) is 5.98. The predicted octanol–water partition coefficient (Wildman–Crippen LogP) is 4.64. The molecule has 1 N–H and O–H groups in total. The summed E-state index contributed by atoms with van der Waals surface area (Å²) in [6.45, 7) is 10.2. The average Bonchev–Trinajstić information content (AvgIpc) is 2.38. The molecule has 1 aromatic carbocycles. The molecular weight excluding hydrogens is 332 g/mol. The second-order valence-corrected chi connectivity index (χ2v) is 6.77. The van der Waals surface area contributed by atoms with E-state index in [2.05, 4.69) is 48.9 Å². The predicted molar refractivity (Wildman–Crippen MR) is 91.3 cm³/mol.